The Bertz CT molecular complexity index is 402. The van der Waals surface area contributed by atoms with Gasteiger partial charge < -0.3 is 4.90 Å². The lowest BCUT2D eigenvalue weighted by Gasteiger charge is -2.30. The second-order valence-corrected chi connectivity index (χ2v) is 7.64. The number of allylic oxidation sites excluding steroid dienone is 2. The van der Waals surface area contributed by atoms with Crippen molar-refractivity contribution in [2.75, 3.05) is 13.1 Å². The van der Waals surface area contributed by atoms with Gasteiger partial charge in [0.1, 0.15) is 0 Å². The first-order valence-corrected chi connectivity index (χ1v) is 9.18. The zero-order chi connectivity index (χ0) is 14.8. The molecule has 0 radical (unpaired) electrons. The van der Waals surface area contributed by atoms with Crippen LogP contribution in [0.3, 0.4) is 0 Å². The van der Waals surface area contributed by atoms with Crippen molar-refractivity contribution in [1.82, 2.24) is 4.90 Å². The Morgan fingerprint density at radius 2 is 1.86 bits per heavy atom. The van der Waals surface area contributed by atoms with Gasteiger partial charge >= 0.3 is 0 Å². The minimum absolute atomic E-state index is 0.304. The average molecular weight is 289 g/mol. The zero-order valence-corrected chi connectivity index (χ0v) is 13.8. The molecule has 118 valence electrons. The van der Waals surface area contributed by atoms with Gasteiger partial charge in [-0.2, -0.15) is 0 Å². The Morgan fingerprint density at radius 3 is 2.48 bits per heavy atom. The zero-order valence-electron chi connectivity index (χ0n) is 13.8. The normalized spacial score (nSPS) is 38.8. The molecular weight excluding hydrogens is 258 g/mol. The molecule has 21 heavy (non-hydrogen) atoms. The number of carbonyl (C=O) groups is 1. The van der Waals surface area contributed by atoms with E-state index in [2.05, 4.69) is 30.9 Å². The van der Waals surface area contributed by atoms with E-state index in [1.165, 1.54) is 38.5 Å². The summed E-state index contributed by atoms with van der Waals surface area (Å²) in [5.74, 6) is 3.50. The molecule has 0 spiro atoms. The smallest absolute Gasteiger partial charge is 0.226 e. The molecule has 0 aromatic heterocycles. The minimum Gasteiger partial charge on any atom is -0.342 e. The van der Waals surface area contributed by atoms with Gasteiger partial charge in [-0.25, -0.2) is 0 Å². The van der Waals surface area contributed by atoms with Gasteiger partial charge in [-0.15, -0.1) is 0 Å². The summed E-state index contributed by atoms with van der Waals surface area (Å²) < 4.78 is 0. The van der Waals surface area contributed by atoms with Crippen LogP contribution in [0.5, 0.6) is 0 Å². The average Bonchev–Trinajstić information content (AvgIpc) is 3.06. The number of hydrogen-bond acceptors (Lipinski definition) is 1. The first-order valence-electron chi connectivity index (χ1n) is 9.18. The van der Waals surface area contributed by atoms with Gasteiger partial charge in [0.05, 0.1) is 0 Å². The minimum atomic E-state index is 0.304. The predicted molar refractivity (Wildman–Crippen MR) is 86.8 cm³/mol. The first kappa shape index (κ1) is 15.1. The highest BCUT2D eigenvalue weighted by atomic mass is 16.2. The molecule has 2 nitrogen and oxygen atoms in total. The fraction of sp³-hybridized carbons (Fsp3) is 0.842. The van der Waals surface area contributed by atoms with Crippen molar-refractivity contribution in [1.29, 1.82) is 0 Å². The molecule has 2 bridgehead atoms. The maximum atomic E-state index is 13.0. The molecule has 0 N–H and O–H groups in total. The van der Waals surface area contributed by atoms with E-state index in [4.69, 9.17) is 0 Å². The number of amides is 1. The number of rotatable bonds is 4. The van der Waals surface area contributed by atoms with Crippen molar-refractivity contribution >= 4 is 5.91 Å². The van der Waals surface area contributed by atoms with Gasteiger partial charge in [0.2, 0.25) is 5.91 Å². The van der Waals surface area contributed by atoms with Crippen LogP contribution >= 0.6 is 0 Å². The van der Waals surface area contributed by atoms with Crippen LogP contribution in [0.1, 0.15) is 58.8 Å². The maximum absolute atomic E-state index is 13.0. The largest absolute Gasteiger partial charge is 0.342 e. The molecule has 2 fully saturated rings. The summed E-state index contributed by atoms with van der Waals surface area (Å²) in [6.45, 7) is 6.61. The van der Waals surface area contributed by atoms with Gasteiger partial charge in [-0.05, 0) is 55.8 Å². The van der Waals surface area contributed by atoms with E-state index < -0.39 is 0 Å². The summed E-state index contributed by atoms with van der Waals surface area (Å²) in [7, 11) is 0. The molecule has 0 aromatic rings. The van der Waals surface area contributed by atoms with Crippen LogP contribution in [0, 0.1) is 29.6 Å². The third-order valence-electron chi connectivity index (χ3n) is 6.12. The van der Waals surface area contributed by atoms with Crippen molar-refractivity contribution in [3.8, 4) is 0 Å². The van der Waals surface area contributed by atoms with E-state index in [0.717, 1.165) is 31.3 Å². The Morgan fingerprint density at radius 1 is 1.10 bits per heavy atom. The van der Waals surface area contributed by atoms with Crippen LogP contribution in [0.2, 0.25) is 0 Å². The maximum Gasteiger partial charge on any atom is 0.226 e. The molecule has 1 amide bonds. The number of nitrogens with zero attached hydrogens (tertiary/aromatic N) is 1. The van der Waals surface area contributed by atoms with Gasteiger partial charge in [-0.1, -0.05) is 38.8 Å². The fourth-order valence-corrected chi connectivity index (χ4v) is 4.81. The van der Waals surface area contributed by atoms with Crippen molar-refractivity contribution < 1.29 is 4.79 Å². The van der Waals surface area contributed by atoms with Gasteiger partial charge in [0, 0.05) is 19.0 Å². The molecule has 1 heterocycles. The lowest BCUT2D eigenvalue weighted by molar-refractivity contribution is -0.137. The Hall–Kier alpha value is -0.790. The number of carbonyl (C=O) groups excluding carboxylic acids is 1. The van der Waals surface area contributed by atoms with Crippen LogP contribution in [0.4, 0.5) is 0 Å². The summed E-state index contributed by atoms with van der Waals surface area (Å²) in [6, 6.07) is 0. The molecule has 1 aliphatic heterocycles. The number of hydrogen-bond donors (Lipinski definition) is 0. The van der Waals surface area contributed by atoms with E-state index >= 15 is 0 Å². The molecule has 1 saturated heterocycles. The SMILES string of the molecule is CCCC1CCC(CC)CN(C(=O)C2CC3C=CC2C3)C1. The molecule has 5 unspecified atom stereocenters. The molecule has 3 aliphatic rings. The van der Waals surface area contributed by atoms with Crippen LogP contribution in [0.25, 0.3) is 0 Å². The van der Waals surface area contributed by atoms with Crippen molar-refractivity contribution in [3.05, 3.63) is 12.2 Å². The Balaban J connectivity index is 1.68. The van der Waals surface area contributed by atoms with Gasteiger partial charge in [0.15, 0.2) is 0 Å². The molecule has 1 saturated carbocycles. The quantitative estimate of drug-likeness (QED) is 0.708. The topological polar surface area (TPSA) is 20.3 Å². The standard InChI is InChI=1S/C19H31NO/c1-3-5-15-7-6-14(4-2)12-20(13-15)19(21)18-11-16-8-9-17(18)10-16/h8-9,14-18H,3-7,10-13H2,1-2H3. The van der Waals surface area contributed by atoms with E-state index in [1.807, 2.05) is 0 Å². The summed E-state index contributed by atoms with van der Waals surface area (Å²) >= 11 is 0. The monoisotopic (exact) mass is 289 g/mol. The van der Waals surface area contributed by atoms with Crippen LogP contribution in [-0.4, -0.2) is 23.9 Å². The lowest BCUT2D eigenvalue weighted by Crippen LogP contribution is -2.41. The van der Waals surface area contributed by atoms with E-state index in [1.54, 1.807) is 0 Å². The van der Waals surface area contributed by atoms with Crippen molar-refractivity contribution in [2.45, 2.75) is 58.8 Å². The molecular formula is C19H31NO. The third kappa shape index (κ3) is 3.19. The highest BCUT2D eigenvalue weighted by Crippen LogP contribution is 2.44. The van der Waals surface area contributed by atoms with Gasteiger partial charge in [-0.3, -0.25) is 4.79 Å². The molecule has 2 aliphatic carbocycles. The van der Waals surface area contributed by atoms with Crippen molar-refractivity contribution in [3.63, 3.8) is 0 Å². The summed E-state index contributed by atoms with van der Waals surface area (Å²) in [5, 5.41) is 0. The molecule has 5 atom stereocenters. The van der Waals surface area contributed by atoms with E-state index in [0.29, 0.717) is 23.7 Å². The van der Waals surface area contributed by atoms with Gasteiger partial charge in [0.25, 0.3) is 0 Å². The highest BCUT2D eigenvalue weighted by Gasteiger charge is 2.42. The molecule has 2 heteroatoms. The summed E-state index contributed by atoms with van der Waals surface area (Å²) in [4.78, 5) is 15.3. The predicted octanol–water partition coefficient (Wildman–Crippen LogP) is 4.26. The van der Waals surface area contributed by atoms with Crippen molar-refractivity contribution in [2.24, 2.45) is 29.6 Å². The Kier molecular flexibility index (Phi) is 4.71. The van der Waals surface area contributed by atoms with Crippen LogP contribution < -0.4 is 0 Å². The first-order chi connectivity index (χ1) is 10.2. The number of likely N-dealkylation sites (tertiary alicyclic amines) is 1. The third-order valence-corrected chi connectivity index (χ3v) is 6.12. The van der Waals surface area contributed by atoms with E-state index in [9.17, 15) is 4.79 Å². The lowest BCUT2D eigenvalue weighted by atomic mass is 9.91. The van der Waals surface area contributed by atoms with Crippen LogP contribution in [0.15, 0.2) is 12.2 Å². The Labute approximate surface area is 130 Å². The van der Waals surface area contributed by atoms with E-state index in [-0.39, 0.29) is 0 Å². The highest BCUT2D eigenvalue weighted by molar-refractivity contribution is 5.80. The fourth-order valence-electron chi connectivity index (χ4n) is 4.81. The second kappa shape index (κ2) is 6.54. The number of fused-ring (bicyclic) bond motifs is 2. The molecule has 0 aromatic carbocycles. The summed E-state index contributed by atoms with van der Waals surface area (Å²) in [6.07, 6.45) is 13.4. The molecule has 3 rings (SSSR count). The van der Waals surface area contributed by atoms with Crippen LogP contribution in [-0.2, 0) is 4.79 Å². The second-order valence-electron chi connectivity index (χ2n) is 7.64. The summed E-state index contributed by atoms with van der Waals surface area (Å²) in [5.41, 5.74) is 0.